The molecule has 2 aliphatic heterocycles. The number of hydrogen-bond acceptors (Lipinski definition) is 6. The number of carbonyl (C=O) groups is 1. The van der Waals surface area contributed by atoms with E-state index in [0.29, 0.717) is 5.69 Å². The second kappa shape index (κ2) is 8.94. The molecule has 1 aromatic rings. The zero-order valence-electron chi connectivity index (χ0n) is 14.2. The molecule has 0 radical (unpaired) electrons. The quantitative estimate of drug-likeness (QED) is 0.874. The maximum atomic E-state index is 12.5. The number of nitrogens with one attached hydrogen (secondary N) is 1. The van der Waals surface area contributed by atoms with Crippen LogP contribution in [0, 0.1) is 0 Å². The van der Waals surface area contributed by atoms with E-state index in [1.54, 1.807) is 6.07 Å². The van der Waals surface area contributed by atoms with Crippen molar-refractivity contribution in [1.29, 1.82) is 0 Å². The summed E-state index contributed by atoms with van der Waals surface area (Å²) in [4.78, 5) is 16.7. The largest absolute Gasteiger partial charge is 0.379 e. The van der Waals surface area contributed by atoms with E-state index in [4.69, 9.17) is 4.74 Å². The normalized spacial score (nSPS) is 19.8. The first-order valence-electron chi connectivity index (χ1n) is 9.00. The molecule has 2 aliphatic rings. The van der Waals surface area contributed by atoms with Crippen LogP contribution in [0.2, 0.25) is 0 Å². The summed E-state index contributed by atoms with van der Waals surface area (Å²) in [5, 5.41) is 11.5. The van der Waals surface area contributed by atoms with Crippen molar-refractivity contribution in [1.82, 2.24) is 20.0 Å². The molecule has 1 aromatic heterocycles. The molecule has 1 amide bonds. The third kappa shape index (κ3) is 4.88. The number of aromatic nitrogens is 2. The van der Waals surface area contributed by atoms with Gasteiger partial charge in [-0.3, -0.25) is 9.69 Å². The Morgan fingerprint density at radius 1 is 1.04 bits per heavy atom. The van der Waals surface area contributed by atoms with E-state index < -0.39 is 0 Å². The van der Waals surface area contributed by atoms with Crippen molar-refractivity contribution in [2.75, 3.05) is 57.8 Å². The van der Waals surface area contributed by atoms with Crippen LogP contribution in [0.25, 0.3) is 0 Å². The van der Waals surface area contributed by atoms with Crippen molar-refractivity contribution in [3.8, 4) is 0 Å². The van der Waals surface area contributed by atoms with Crippen molar-refractivity contribution in [3.05, 3.63) is 17.8 Å². The van der Waals surface area contributed by atoms with Gasteiger partial charge in [0.05, 0.1) is 13.2 Å². The van der Waals surface area contributed by atoms with Crippen molar-refractivity contribution in [2.45, 2.75) is 25.7 Å². The number of rotatable bonds is 5. The zero-order chi connectivity index (χ0) is 16.6. The average Bonchev–Trinajstić information content (AvgIpc) is 2.92. The molecular weight excluding hydrogens is 306 g/mol. The van der Waals surface area contributed by atoms with E-state index in [1.165, 1.54) is 12.8 Å². The maximum Gasteiger partial charge on any atom is 0.274 e. The van der Waals surface area contributed by atoms with Crippen LogP contribution in [0.5, 0.6) is 0 Å². The standard InChI is InChI=1S/C17H27N5O2/c23-17(22-8-3-1-2-4-9-22)15-5-6-16(20-19-15)18-7-10-21-11-13-24-14-12-21/h5-6H,1-4,7-14H2,(H,18,20). The molecule has 24 heavy (non-hydrogen) atoms. The minimum atomic E-state index is 0.00395. The Morgan fingerprint density at radius 2 is 1.79 bits per heavy atom. The van der Waals surface area contributed by atoms with Crippen LogP contribution < -0.4 is 5.32 Å². The molecule has 0 saturated carbocycles. The van der Waals surface area contributed by atoms with Gasteiger partial charge in [0, 0.05) is 39.3 Å². The topological polar surface area (TPSA) is 70.6 Å². The molecule has 1 N–H and O–H groups in total. The van der Waals surface area contributed by atoms with E-state index in [-0.39, 0.29) is 5.91 Å². The predicted octanol–water partition coefficient (Wildman–Crippen LogP) is 1.24. The predicted molar refractivity (Wildman–Crippen MR) is 92.2 cm³/mol. The highest BCUT2D eigenvalue weighted by Gasteiger charge is 2.18. The van der Waals surface area contributed by atoms with Gasteiger partial charge in [-0.2, -0.15) is 0 Å². The van der Waals surface area contributed by atoms with Crippen LogP contribution in [0.3, 0.4) is 0 Å². The minimum absolute atomic E-state index is 0.00395. The summed E-state index contributed by atoms with van der Waals surface area (Å²) in [6, 6.07) is 3.62. The summed E-state index contributed by atoms with van der Waals surface area (Å²) < 4.78 is 5.34. The van der Waals surface area contributed by atoms with Crippen molar-refractivity contribution >= 4 is 11.7 Å². The number of morpholine rings is 1. The van der Waals surface area contributed by atoms with Crippen LogP contribution >= 0.6 is 0 Å². The third-order valence-electron chi connectivity index (χ3n) is 4.61. The number of carbonyl (C=O) groups excluding carboxylic acids is 1. The number of hydrogen-bond donors (Lipinski definition) is 1. The van der Waals surface area contributed by atoms with E-state index in [0.717, 1.165) is 71.1 Å². The first-order chi connectivity index (χ1) is 11.8. The fourth-order valence-electron chi connectivity index (χ4n) is 3.14. The Balaban J connectivity index is 1.46. The lowest BCUT2D eigenvalue weighted by molar-refractivity contribution is 0.0398. The van der Waals surface area contributed by atoms with Gasteiger partial charge in [0.2, 0.25) is 0 Å². The summed E-state index contributed by atoms with van der Waals surface area (Å²) in [7, 11) is 0. The number of amides is 1. The minimum Gasteiger partial charge on any atom is -0.379 e. The van der Waals surface area contributed by atoms with Gasteiger partial charge >= 0.3 is 0 Å². The smallest absolute Gasteiger partial charge is 0.274 e. The van der Waals surface area contributed by atoms with E-state index in [1.807, 2.05) is 11.0 Å². The third-order valence-corrected chi connectivity index (χ3v) is 4.61. The SMILES string of the molecule is O=C(c1ccc(NCCN2CCOCC2)nn1)N1CCCCCC1. The molecule has 0 atom stereocenters. The Labute approximate surface area is 143 Å². The summed E-state index contributed by atoms with van der Waals surface area (Å²) in [5.74, 6) is 0.722. The summed E-state index contributed by atoms with van der Waals surface area (Å²) in [5.41, 5.74) is 0.440. The molecule has 7 heteroatoms. The molecule has 7 nitrogen and oxygen atoms in total. The first-order valence-corrected chi connectivity index (χ1v) is 9.00. The van der Waals surface area contributed by atoms with Gasteiger partial charge in [-0.15, -0.1) is 10.2 Å². The van der Waals surface area contributed by atoms with E-state index >= 15 is 0 Å². The Morgan fingerprint density at radius 3 is 2.46 bits per heavy atom. The van der Waals surface area contributed by atoms with Crippen molar-refractivity contribution in [2.24, 2.45) is 0 Å². The molecule has 3 heterocycles. The van der Waals surface area contributed by atoms with Gasteiger partial charge in [-0.1, -0.05) is 12.8 Å². The monoisotopic (exact) mass is 333 g/mol. The van der Waals surface area contributed by atoms with Gasteiger partial charge in [-0.05, 0) is 25.0 Å². The van der Waals surface area contributed by atoms with Crippen LogP contribution in [-0.2, 0) is 4.74 Å². The fourth-order valence-corrected chi connectivity index (χ4v) is 3.14. The van der Waals surface area contributed by atoms with Gasteiger partial charge in [0.25, 0.3) is 5.91 Å². The molecule has 0 aromatic carbocycles. The van der Waals surface area contributed by atoms with Crippen LogP contribution in [0.1, 0.15) is 36.2 Å². The maximum absolute atomic E-state index is 12.5. The molecule has 0 bridgehead atoms. The molecular formula is C17H27N5O2. The number of anilines is 1. The van der Waals surface area contributed by atoms with Gasteiger partial charge in [0.1, 0.15) is 5.82 Å². The summed E-state index contributed by atoms with van der Waals surface area (Å²) >= 11 is 0. The summed E-state index contributed by atoms with van der Waals surface area (Å²) in [6.07, 6.45) is 4.59. The Hall–Kier alpha value is -1.73. The molecule has 132 valence electrons. The number of likely N-dealkylation sites (tertiary alicyclic amines) is 1. The first kappa shape index (κ1) is 17.1. The van der Waals surface area contributed by atoms with Gasteiger partial charge in [0.15, 0.2) is 5.69 Å². The van der Waals surface area contributed by atoms with Crippen molar-refractivity contribution < 1.29 is 9.53 Å². The molecule has 2 saturated heterocycles. The molecule has 0 unspecified atom stereocenters. The van der Waals surface area contributed by atoms with E-state index in [2.05, 4.69) is 20.4 Å². The second-order valence-corrected chi connectivity index (χ2v) is 6.39. The fraction of sp³-hybridized carbons (Fsp3) is 0.706. The lowest BCUT2D eigenvalue weighted by Gasteiger charge is -2.26. The van der Waals surface area contributed by atoms with Gasteiger partial charge < -0.3 is 15.0 Å². The highest BCUT2D eigenvalue weighted by Crippen LogP contribution is 2.12. The Kier molecular flexibility index (Phi) is 6.37. The Bertz CT molecular complexity index is 508. The zero-order valence-corrected chi connectivity index (χ0v) is 14.2. The highest BCUT2D eigenvalue weighted by molar-refractivity contribution is 5.92. The van der Waals surface area contributed by atoms with Crippen LogP contribution in [0.4, 0.5) is 5.82 Å². The molecule has 2 fully saturated rings. The molecule has 3 rings (SSSR count). The lowest BCUT2D eigenvalue weighted by Crippen LogP contribution is -2.39. The van der Waals surface area contributed by atoms with Crippen LogP contribution in [0.15, 0.2) is 12.1 Å². The lowest BCUT2D eigenvalue weighted by atomic mass is 10.2. The molecule has 0 spiro atoms. The van der Waals surface area contributed by atoms with Crippen LogP contribution in [-0.4, -0.2) is 78.4 Å². The molecule has 0 aliphatic carbocycles. The highest BCUT2D eigenvalue weighted by atomic mass is 16.5. The number of nitrogens with zero attached hydrogens (tertiary/aromatic N) is 4. The van der Waals surface area contributed by atoms with E-state index in [9.17, 15) is 4.79 Å². The van der Waals surface area contributed by atoms with Gasteiger partial charge in [-0.25, -0.2) is 0 Å². The second-order valence-electron chi connectivity index (χ2n) is 6.39. The number of ether oxygens (including phenoxy) is 1. The average molecular weight is 333 g/mol. The van der Waals surface area contributed by atoms with Crippen molar-refractivity contribution in [3.63, 3.8) is 0 Å². The summed E-state index contributed by atoms with van der Waals surface area (Å²) in [6.45, 7) is 7.03.